The average Bonchev–Trinajstić information content (AvgIpc) is 2.51. The highest BCUT2D eigenvalue weighted by Crippen LogP contribution is 2.41. The topological polar surface area (TPSA) is 44.8 Å². The molecule has 0 aromatic heterocycles. The van der Waals surface area contributed by atoms with Crippen LogP contribution in [0.3, 0.4) is 0 Å². The minimum absolute atomic E-state index is 0.156. The molecule has 27 heavy (non-hydrogen) atoms. The molecule has 0 amide bonds. The number of benzene rings is 1. The second kappa shape index (κ2) is 7.70. The maximum atomic E-state index is 10.9. The molecule has 0 saturated heterocycles. The molecule has 0 saturated carbocycles. The minimum atomic E-state index is -1.88. The van der Waals surface area contributed by atoms with Crippen molar-refractivity contribution in [3.8, 4) is 11.5 Å². The van der Waals surface area contributed by atoms with Gasteiger partial charge in [-0.25, -0.2) is 0 Å². The highest BCUT2D eigenvalue weighted by Gasteiger charge is 2.39. The van der Waals surface area contributed by atoms with Crippen molar-refractivity contribution in [2.75, 3.05) is 6.61 Å². The van der Waals surface area contributed by atoms with E-state index in [1.165, 1.54) is 6.92 Å². The summed E-state index contributed by atoms with van der Waals surface area (Å²) in [5.74, 6) is 1.59. The summed E-state index contributed by atoms with van der Waals surface area (Å²) < 4.78 is 17.8. The summed E-state index contributed by atoms with van der Waals surface area (Å²) in [5.41, 5.74) is 1.75. The number of hydrogen-bond donors (Lipinski definition) is 0. The van der Waals surface area contributed by atoms with E-state index >= 15 is 0 Å². The Morgan fingerprint density at radius 2 is 1.93 bits per heavy atom. The van der Waals surface area contributed by atoms with E-state index in [9.17, 15) is 4.79 Å². The Balaban J connectivity index is 2.14. The predicted molar refractivity (Wildman–Crippen MR) is 113 cm³/mol. The first-order valence-corrected chi connectivity index (χ1v) is 12.6. The number of rotatable bonds is 6. The molecule has 2 rings (SSSR count). The molecule has 1 aromatic carbocycles. The Labute approximate surface area is 165 Å². The fourth-order valence-corrected chi connectivity index (χ4v) is 3.86. The van der Waals surface area contributed by atoms with E-state index in [1.54, 1.807) is 0 Å². The van der Waals surface area contributed by atoms with Crippen LogP contribution in [0.5, 0.6) is 11.5 Å². The van der Waals surface area contributed by atoms with Crippen LogP contribution in [0.25, 0.3) is 6.08 Å². The predicted octanol–water partition coefficient (Wildman–Crippen LogP) is 5.89. The van der Waals surface area contributed by atoms with Gasteiger partial charge in [0.25, 0.3) is 0 Å². The Kier molecular flexibility index (Phi) is 6.15. The summed E-state index contributed by atoms with van der Waals surface area (Å²) in [4.78, 5) is 10.9. The van der Waals surface area contributed by atoms with Gasteiger partial charge in [-0.1, -0.05) is 26.8 Å². The number of aryl methyl sites for hydroxylation is 1. The molecule has 1 aromatic rings. The standard InChI is InChI=1S/C22H34O4Si/c1-16-14-19(26-27(7,8)21(3,4)5)15-18-10-12-22(6,25-20(16)18)11-9-13-24-17(2)23/h10,12,14-15H,9,11,13H2,1-8H3. The molecule has 1 aliphatic heterocycles. The smallest absolute Gasteiger partial charge is 0.302 e. The largest absolute Gasteiger partial charge is 0.543 e. The van der Waals surface area contributed by atoms with Crippen LogP contribution in [0.2, 0.25) is 18.1 Å². The zero-order chi connectivity index (χ0) is 20.5. The summed E-state index contributed by atoms with van der Waals surface area (Å²) in [5, 5.41) is 0.156. The van der Waals surface area contributed by atoms with Gasteiger partial charge >= 0.3 is 5.97 Å². The van der Waals surface area contributed by atoms with Crippen molar-refractivity contribution < 1.29 is 18.7 Å². The zero-order valence-corrected chi connectivity index (χ0v) is 19.1. The maximum Gasteiger partial charge on any atom is 0.302 e. The van der Waals surface area contributed by atoms with Gasteiger partial charge in [0.15, 0.2) is 0 Å². The third-order valence-electron chi connectivity index (χ3n) is 5.53. The SMILES string of the molecule is CC(=O)OCCCC1(C)C=Cc2cc(O[Si](C)(C)C(C)(C)C)cc(C)c2O1. The van der Waals surface area contributed by atoms with Crippen LogP contribution in [0.1, 0.15) is 58.6 Å². The Morgan fingerprint density at radius 1 is 1.26 bits per heavy atom. The molecule has 1 atom stereocenters. The van der Waals surface area contributed by atoms with Crippen LogP contribution in [0.4, 0.5) is 0 Å². The van der Waals surface area contributed by atoms with Crippen molar-refractivity contribution in [1.29, 1.82) is 0 Å². The number of carbonyl (C=O) groups is 1. The Morgan fingerprint density at radius 3 is 2.52 bits per heavy atom. The first-order valence-electron chi connectivity index (χ1n) is 9.68. The second-order valence-corrected chi connectivity index (χ2v) is 13.9. The van der Waals surface area contributed by atoms with Gasteiger partial charge in [-0.2, -0.15) is 0 Å². The number of carbonyl (C=O) groups excluding carboxylic acids is 1. The third kappa shape index (κ3) is 5.38. The monoisotopic (exact) mass is 390 g/mol. The summed E-state index contributed by atoms with van der Waals surface area (Å²) in [6.45, 7) is 17.2. The molecule has 0 spiro atoms. The van der Waals surface area contributed by atoms with Crippen molar-refractivity contribution >= 4 is 20.4 Å². The van der Waals surface area contributed by atoms with Gasteiger partial charge in [-0.05, 0) is 68.6 Å². The minimum Gasteiger partial charge on any atom is -0.543 e. The summed E-state index contributed by atoms with van der Waals surface area (Å²) in [7, 11) is -1.88. The second-order valence-electron chi connectivity index (χ2n) is 9.21. The lowest BCUT2D eigenvalue weighted by atomic mass is 9.94. The lowest BCUT2D eigenvalue weighted by Crippen LogP contribution is -2.43. The van der Waals surface area contributed by atoms with Gasteiger partial charge < -0.3 is 13.9 Å². The van der Waals surface area contributed by atoms with E-state index in [0.717, 1.165) is 35.5 Å². The van der Waals surface area contributed by atoms with E-state index in [1.807, 2.05) is 0 Å². The van der Waals surface area contributed by atoms with Gasteiger partial charge in [0.1, 0.15) is 17.1 Å². The maximum absolute atomic E-state index is 10.9. The first-order chi connectivity index (χ1) is 12.3. The fourth-order valence-electron chi connectivity index (χ4n) is 2.84. The lowest BCUT2D eigenvalue weighted by molar-refractivity contribution is -0.141. The van der Waals surface area contributed by atoms with E-state index in [0.29, 0.717) is 6.61 Å². The number of ether oxygens (including phenoxy) is 2. The van der Waals surface area contributed by atoms with Gasteiger partial charge in [0, 0.05) is 12.5 Å². The molecule has 1 heterocycles. The van der Waals surface area contributed by atoms with Crippen LogP contribution >= 0.6 is 0 Å². The Hall–Kier alpha value is -1.75. The fraction of sp³-hybridized carbons (Fsp3) is 0.591. The summed E-state index contributed by atoms with van der Waals surface area (Å²) in [6, 6.07) is 4.16. The van der Waals surface area contributed by atoms with Crippen molar-refractivity contribution in [3.63, 3.8) is 0 Å². The third-order valence-corrected chi connectivity index (χ3v) is 9.89. The molecule has 1 unspecified atom stereocenters. The Bertz CT molecular complexity index is 731. The quantitative estimate of drug-likeness (QED) is 0.345. The number of esters is 1. The van der Waals surface area contributed by atoms with Crippen LogP contribution in [-0.4, -0.2) is 26.5 Å². The van der Waals surface area contributed by atoms with Crippen molar-refractivity contribution in [3.05, 3.63) is 29.3 Å². The van der Waals surface area contributed by atoms with Crippen LogP contribution < -0.4 is 9.16 Å². The molecular formula is C22H34O4Si. The lowest BCUT2D eigenvalue weighted by Gasteiger charge is -2.37. The molecule has 1 aliphatic rings. The molecular weight excluding hydrogens is 356 g/mol. The molecule has 0 N–H and O–H groups in total. The highest BCUT2D eigenvalue weighted by atomic mass is 28.4. The summed E-state index contributed by atoms with van der Waals surface area (Å²) in [6.07, 6.45) is 5.77. The van der Waals surface area contributed by atoms with Crippen molar-refractivity contribution in [2.24, 2.45) is 0 Å². The molecule has 0 aliphatic carbocycles. The van der Waals surface area contributed by atoms with Gasteiger partial charge in [0.05, 0.1) is 6.61 Å². The number of fused-ring (bicyclic) bond motifs is 1. The van der Waals surface area contributed by atoms with Crippen molar-refractivity contribution in [2.45, 2.75) is 78.1 Å². The van der Waals surface area contributed by atoms with Gasteiger partial charge in [-0.3, -0.25) is 4.79 Å². The highest BCUT2D eigenvalue weighted by molar-refractivity contribution is 6.74. The molecule has 0 fully saturated rings. The van der Waals surface area contributed by atoms with Gasteiger partial charge in [0.2, 0.25) is 8.32 Å². The molecule has 0 radical (unpaired) electrons. The first kappa shape index (κ1) is 21.5. The van der Waals surface area contributed by atoms with Crippen LogP contribution in [0, 0.1) is 6.92 Å². The van der Waals surface area contributed by atoms with E-state index < -0.39 is 8.32 Å². The van der Waals surface area contributed by atoms with Crippen LogP contribution in [0.15, 0.2) is 18.2 Å². The molecule has 150 valence electrons. The molecule has 4 nitrogen and oxygen atoms in total. The number of hydrogen-bond acceptors (Lipinski definition) is 4. The molecule has 0 bridgehead atoms. The average molecular weight is 391 g/mol. The van der Waals surface area contributed by atoms with E-state index in [4.69, 9.17) is 13.9 Å². The van der Waals surface area contributed by atoms with E-state index in [-0.39, 0.29) is 16.6 Å². The van der Waals surface area contributed by atoms with Crippen molar-refractivity contribution in [1.82, 2.24) is 0 Å². The van der Waals surface area contributed by atoms with Gasteiger partial charge in [-0.15, -0.1) is 0 Å². The van der Waals surface area contributed by atoms with Crippen LogP contribution in [-0.2, 0) is 9.53 Å². The zero-order valence-electron chi connectivity index (χ0n) is 18.1. The summed E-state index contributed by atoms with van der Waals surface area (Å²) >= 11 is 0. The normalized spacial score (nSPS) is 19.3. The molecule has 5 heteroatoms. The van der Waals surface area contributed by atoms with E-state index in [2.05, 4.69) is 72.0 Å².